The lowest BCUT2D eigenvalue weighted by Crippen LogP contribution is -2.23. The zero-order valence-corrected chi connectivity index (χ0v) is 13.3. The van der Waals surface area contributed by atoms with Gasteiger partial charge in [0.1, 0.15) is 0 Å². The first-order valence-corrected chi connectivity index (χ1v) is 8.44. The van der Waals surface area contributed by atoms with Gasteiger partial charge >= 0.3 is 0 Å². The van der Waals surface area contributed by atoms with E-state index in [0.717, 1.165) is 13.2 Å². The molecule has 0 amide bonds. The van der Waals surface area contributed by atoms with Crippen LogP contribution in [0.1, 0.15) is 60.4 Å². The normalized spacial score (nSPS) is 20.9. The Morgan fingerprint density at radius 1 is 1.47 bits per heavy atom. The van der Waals surface area contributed by atoms with Gasteiger partial charge in [-0.25, -0.2) is 0 Å². The Bertz CT molecular complexity index is 382. The summed E-state index contributed by atoms with van der Waals surface area (Å²) in [6.07, 6.45) is 6.59. The van der Waals surface area contributed by atoms with Gasteiger partial charge in [0.15, 0.2) is 0 Å². The Morgan fingerprint density at radius 2 is 2.32 bits per heavy atom. The van der Waals surface area contributed by atoms with Crippen molar-refractivity contribution in [1.29, 1.82) is 0 Å². The SMILES string of the molecule is CCCNC(CCC1CCCO1)c1sc(C)cc1C. The summed E-state index contributed by atoms with van der Waals surface area (Å²) >= 11 is 1.95. The second-order valence-corrected chi connectivity index (χ2v) is 6.91. The second-order valence-electron chi connectivity index (χ2n) is 5.62. The average Bonchev–Trinajstić information content (AvgIpc) is 3.00. The van der Waals surface area contributed by atoms with Crippen molar-refractivity contribution in [2.45, 2.75) is 65.0 Å². The average molecular weight is 281 g/mol. The number of nitrogens with one attached hydrogen (secondary N) is 1. The minimum Gasteiger partial charge on any atom is -0.378 e. The maximum atomic E-state index is 5.75. The molecular formula is C16H27NOS. The Morgan fingerprint density at radius 3 is 2.89 bits per heavy atom. The maximum absolute atomic E-state index is 5.75. The molecule has 1 aliphatic heterocycles. The van der Waals surface area contributed by atoms with E-state index in [1.807, 2.05) is 11.3 Å². The third kappa shape index (κ3) is 4.30. The van der Waals surface area contributed by atoms with Crippen LogP contribution in [0.25, 0.3) is 0 Å². The van der Waals surface area contributed by atoms with Crippen molar-refractivity contribution in [3.63, 3.8) is 0 Å². The van der Waals surface area contributed by atoms with Gasteiger partial charge in [0.2, 0.25) is 0 Å². The standard InChI is InChI=1S/C16H27NOS/c1-4-9-17-15(8-7-14-6-5-10-18-14)16-12(2)11-13(3)19-16/h11,14-15,17H,4-10H2,1-3H3. The molecule has 0 aliphatic carbocycles. The Hall–Kier alpha value is -0.380. The number of hydrogen-bond donors (Lipinski definition) is 1. The summed E-state index contributed by atoms with van der Waals surface area (Å²) in [6.45, 7) is 8.75. The smallest absolute Gasteiger partial charge is 0.0576 e. The van der Waals surface area contributed by atoms with E-state index in [-0.39, 0.29) is 0 Å². The summed E-state index contributed by atoms with van der Waals surface area (Å²) in [4.78, 5) is 2.96. The van der Waals surface area contributed by atoms with Crippen LogP contribution in [0.4, 0.5) is 0 Å². The number of aryl methyl sites for hydroxylation is 2. The van der Waals surface area contributed by atoms with E-state index in [0.29, 0.717) is 12.1 Å². The first kappa shape index (κ1) is 15.0. The molecule has 0 radical (unpaired) electrons. The third-order valence-corrected chi connectivity index (χ3v) is 5.10. The molecular weight excluding hydrogens is 254 g/mol. The summed E-state index contributed by atoms with van der Waals surface area (Å²) < 4.78 is 5.75. The summed E-state index contributed by atoms with van der Waals surface area (Å²) in [5, 5.41) is 3.72. The monoisotopic (exact) mass is 281 g/mol. The van der Waals surface area contributed by atoms with E-state index in [9.17, 15) is 0 Å². The first-order valence-electron chi connectivity index (χ1n) is 7.62. The van der Waals surface area contributed by atoms with Crippen LogP contribution >= 0.6 is 11.3 Å². The second kappa shape index (κ2) is 7.41. The minimum atomic E-state index is 0.507. The van der Waals surface area contributed by atoms with Gasteiger partial charge in [-0.2, -0.15) is 0 Å². The van der Waals surface area contributed by atoms with Gasteiger partial charge in [-0.1, -0.05) is 6.92 Å². The Balaban J connectivity index is 1.96. The molecule has 1 N–H and O–H groups in total. The summed E-state index contributed by atoms with van der Waals surface area (Å²) in [5.74, 6) is 0. The van der Waals surface area contributed by atoms with Crippen molar-refractivity contribution in [1.82, 2.24) is 5.32 Å². The molecule has 1 aliphatic rings. The molecule has 2 rings (SSSR count). The zero-order valence-electron chi connectivity index (χ0n) is 12.5. The number of thiophene rings is 1. The number of rotatable bonds is 7. The van der Waals surface area contributed by atoms with Crippen LogP contribution < -0.4 is 5.32 Å². The van der Waals surface area contributed by atoms with E-state index >= 15 is 0 Å². The van der Waals surface area contributed by atoms with Crippen molar-refractivity contribution in [2.24, 2.45) is 0 Å². The van der Waals surface area contributed by atoms with Crippen LogP contribution in [0.3, 0.4) is 0 Å². The lowest BCUT2D eigenvalue weighted by atomic mass is 10.0. The van der Waals surface area contributed by atoms with E-state index < -0.39 is 0 Å². The molecule has 2 unspecified atom stereocenters. The van der Waals surface area contributed by atoms with E-state index in [1.165, 1.54) is 47.4 Å². The molecule has 1 fully saturated rings. The van der Waals surface area contributed by atoms with Crippen LogP contribution in [0, 0.1) is 13.8 Å². The number of hydrogen-bond acceptors (Lipinski definition) is 3. The van der Waals surface area contributed by atoms with Crippen molar-refractivity contribution in [3.8, 4) is 0 Å². The zero-order chi connectivity index (χ0) is 13.7. The highest BCUT2D eigenvalue weighted by Gasteiger charge is 2.20. The maximum Gasteiger partial charge on any atom is 0.0576 e. The quantitative estimate of drug-likeness (QED) is 0.801. The predicted octanol–water partition coefficient (Wildman–Crippen LogP) is 4.36. The van der Waals surface area contributed by atoms with Crippen molar-refractivity contribution in [3.05, 3.63) is 21.4 Å². The highest BCUT2D eigenvalue weighted by Crippen LogP contribution is 2.31. The topological polar surface area (TPSA) is 21.3 Å². The molecule has 19 heavy (non-hydrogen) atoms. The summed E-state index contributed by atoms with van der Waals surface area (Å²) in [7, 11) is 0. The molecule has 2 atom stereocenters. The summed E-state index contributed by atoms with van der Waals surface area (Å²) in [6, 6.07) is 2.83. The highest BCUT2D eigenvalue weighted by molar-refractivity contribution is 7.12. The van der Waals surface area contributed by atoms with Crippen LogP contribution in [0.2, 0.25) is 0 Å². The fraction of sp³-hybridized carbons (Fsp3) is 0.750. The van der Waals surface area contributed by atoms with Crippen molar-refractivity contribution in [2.75, 3.05) is 13.2 Å². The van der Waals surface area contributed by atoms with Crippen LogP contribution in [0.15, 0.2) is 6.07 Å². The first-order chi connectivity index (χ1) is 9.20. The van der Waals surface area contributed by atoms with Crippen LogP contribution in [-0.4, -0.2) is 19.3 Å². The van der Waals surface area contributed by atoms with Crippen LogP contribution in [0.5, 0.6) is 0 Å². The van der Waals surface area contributed by atoms with E-state index in [1.54, 1.807) is 0 Å². The highest BCUT2D eigenvalue weighted by atomic mass is 32.1. The van der Waals surface area contributed by atoms with Gasteiger partial charge < -0.3 is 10.1 Å². The van der Waals surface area contributed by atoms with Gasteiger partial charge in [0, 0.05) is 22.4 Å². The molecule has 0 saturated carbocycles. The van der Waals surface area contributed by atoms with E-state index in [2.05, 4.69) is 32.2 Å². The fourth-order valence-electron chi connectivity index (χ4n) is 2.87. The van der Waals surface area contributed by atoms with Crippen molar-refractivity contribution < 1.29 is 4.74 Å². The Kier molecular flexibility index (Phi) is 5.86. The molecule has 1 saturated heterocycles. The van der Waals surface area contributed by atoms with Gasteiger partial charge in [-0.05, 0) is 64.1 Å². The van der Waals surface area contributed by atoms with Gasteiger partial charge in [-0.15, -0.1) is 11.3 Å². The molecule has 0 aromatic carbocycles. The molecule has 0 bridgehead atoms. The molecule has 0 spiro atoms. The van der Waals surface area contributed by atoms with Gasteiger partial charge in [0.05, 0.1) is 6.10 Å². The summed E-state index contributed by atoms with van der Waals surface area (Å²) in [5.41, 5.74) is 1.45. The fourth-order valence-corrected chi connectivity index (χ4v) is 4.02. The van der Waals surface area contributed by atoms with Gasteiger partial charge in [-0.3, -0.25) is 0 Å². The largest absolute Gasteiger partial charge is 0.378 e. The third-order valence-electron chi connectivity index (χ3n) is 3.84. The number of ether oxygens (including phenoxy) is 1. The van der Waals surface area contributed by atoms with E-state index in [4.69, 9.17) is 4.74 Å². The molecule has 3 heteroatoms. The molecule has 108 valence electrons. The molecule has 1 aromatic rings. The molecule has 2 nitrogen and oxygen atoms in total. The molecule has 2 heterocycles. The molecule has 1 aromatic heterocycles. The lowest BCUT2D eigenvalue weighted by Gasteiger charge is -2.20. The van der Waals surface area contributed by atoms with Crippen LogP contribution in [-0.2, 0) is 4.74 Å². The van der Waals surface area contributed by atoms with Gasteiger partial charge in [0.25, 0.3) is 0 Å². The minimum absolute atomic E-state index is 0.507. The Labute approximate surface area is 121 Å². The lowest BCUT2D eigenvalue weighted by molar-refractivity contribution is 0.0997. The van der Waals surface area contributed by atoms with Crippen molar-refractivity contribution >= 4 is 11.3 Å². The predicted molar refractivity (Wildman–Crippen MR) is 83.0 cm³/mol.